The minimum Gasteiger partial charge on any atom is -0.326 e. The topological polar surface area (TPSA) is 20.3 Å². The minimum atomic E-state index is -0.273. The first-order chi connectivity index (χ1) is 6.16. The third kappa shape index (κ3) is 2.60. The van der Waals surface area contributed by atoms with Crippen LogP contribution in [0.4, 0.5) is 4.79 Å². The van der Waals surface area contributed by atoms with Crippen molar-refractivity contribution in [2.75, 3.05) is 6.54 Å². The quantitative estimate of drug-likeness (QED) is 0.499. The van der Waals surface area contributed by atoms with E-state index in [0.717, 1.165) is 25.8 Å². The molecule has 1 saturated heterocycles. The van der Waals surface area contributed by atoms with Crippen molar-refractivity contribution in [3.8, 4) is 0 Å². The van der Waals surface area contributed by atoms with Crippen molar-refractivity contribution in [1.29, 1.82) is 0 Å². The first-order valence-electron chi connectivity index (χ1n) is 5.13. The van der Waals surface area contributed by atoms with E-state index < -0.39 is 0 Å². The monoisotopic (exact) mass is 203 g/mol. The van der Waals surface area contributed by atoms with Crippen LogP contribution in [-0.2, 0) is 0 Å². The largest absolute Gasteiger partial charge is 0.326 e. The minimum absolute atomic E-state index is 0.273. The number of hydrogen-bond acceptors (Lipinski definition) is 1. The maximum absolute atomic E-state index is 11.1. The summed E-state index contributed by atoms with van der Waals surface area (Å²) in [6.45, 7) is 5.20. The van der Waals surface area contributed by atoms with Crippen LogP contribution >= 0.6 is 11.6 Å². The van der Waals surface area contributed by atoms with Gasteiger partial charge in [0.15, 0.2) is 0 Å². The standard InChI is InChI=1S/C10H18ClNO/c1-3-8(2)9-6-4-5-7-12(9)10(11)13/h8-9H,3-7H2,1-2H3. The molecule has 2 nitrogen and oxygen atoms in total. The molecule has 1 fully saturated rings. The molecule has 1 rings (SSSR count). The lowest BCUT2D eigenvalue weighted by Gasteiger charge is -2.37. The average molecular weight is 204 g/mol. The Morgan fingerprint density at radius 1 is 1.62 bits per heavy atom. The zero-order valence-corrected chi connectivity index (χ0v) is 9.18. The average Bonchev–Trinajstić information content (AvgIpc) is 2.16. The maximum Gasteiger partial charge on any atom is 0.316 e. The molecule has 76 valence electrons. The second-order valence-corrected chi connectivity index (χ2v) is 4.22. The summed E-state index contributed by atoms with van der Waals surface area (Å²) < 4.78 is 0. The van der Waals surface area contributed by atoms with Gasteiger partial charge in [-0.1, -0.05) is 20.3 Å². The number of carbonyl (C=O) groups is 1. The van der Waals surface area contributed by atoms with E-state index in [1.807, 2.05) is 4.90 Å². The van der Waals surface area contributed by atoms with Crippen LogP contribution in [-0.4, -0.2) is 22.9 Å². The first-order valence-corrected chi connectivity index (χ1v) is 5.50. The van der Waals surface area contributed by atoms with Crippen molar-refractivity contribution >= 4 is 17.0 Å². The summed E-state index contributed by atoms with van der Waals surface area (Å²) in [6.07, 6.45) is 4.57. The molecule has 0 aromatic carbocycles. The van der Waals surface area contributed by atoms with E-state index in [1.165, 1.54) is 6.42 Å². The van der Waals surface area contributed by atoms with E-state index in [1.54, 1.807) is 0 Å². The van der Waals surface area contributed by atoms with E-state index in [0.29, 0.717) is 12.0 Å². The number of rotatable bonds is 2. The van der Waals surface area contributed by atoms with E-state index in [9.17, 15) is 4.79 Å². The molecule has 13 heavy (non-hydrogen) atoms. The predicted octanol–water partition coefficient (Wildman–Crippen LogP) is 3.25. The van der Waals surface area contributed by atoms with Gasteiger partial charge in [0.05, 0.1) is 0 Å². The molecule has 0 saturated carbocycles. The molecule has 0 spiro atoms. The number of hydrogen-bond donors (Lipinski definition) is 0. The number of carbonyl (C=O) groups excluding carboxylic acids is 1. The Morgan fingerprint density at radius 2 is 2.31 bits per heavy atom. The molecule has 1 aliphatic rings. The van der Waals surface area contributed by atoms with Gasteiger partial charge in [-0.05, 0) is 36.8 Å². The third-order valence-corrected chi connectivity index (χ3v) is 3.29. The molecule has 3 heteroatoms. The zero-order valence-electron chi connectivity index (χ0n) is 8.42. The molecule has 0 bridgehead atoms. The number of halogens is 1. The second kappa shape index (κ2) is 4.85. The fourth-order valence-electron chi connectivity index (χ4n) is 2.04. The smallest absolute Gasteiger partial charge is 0.316 e. The van der Waals surface area contributed by atoms with Crippen LogP contribution in [0.3, 0.4) is 0 Å². The highest BCUT2D eigenvalue weighted by Gasteiger charge is 2.28. The lowest BCUT2D eigenvalue weighted by Crippen LogP contribution is -2.44. The molecule has 2 unspecified atom stereocenters. The van der Waals surface area contributed by atoms with E-state index in [-0.39, 0.29) is 5.37 Å². The molecule has 0 N–H and O–H groups in total. The summed E-state index contributed by atoms with van der Waals surface area (Å²) in [5.74, 6) is 0.572. The molecule has 0 aromatic rings. The molecule has 1 heterocycles. The highest BCUT2D eigenvalue weighted by molar-refractivity contribution is 6.62. The fourth-order valence-corrected chi connectivity index (χ4v) is 2.25. The number of nitrogens with zero attached hydrogens (tertiary/aromatic N) is 1. The number of amides is 1. The first kappa shape index (κ1) is 10.8. The van der Waals surface area contributed by atoms with Crippen LogP contribution in [0.1, 0.15) is 39.5 Å². The van der Waals surface area contributed by atoms with Crippen molar-refractivity contribution in [3.05, 3.63) is 0 Å². The second-order valence-electron chi connectivity index (χ2n) is 3.90. The van der Waals surface area contributed by atoms with Gasteiger partial charge in [0.2, 0.25) is 0 Å². The van der Waals surface area contributed by atoms with Crippen LogP contribution < -0.4 is 0 Å². The summed E-state index contributed by atoms with van der Waals surface area (Å²) in [6, 6.07) is 0.378. The lowest BCUT2D eigenvalue weighted by molar-refractivity contribution is 0.138. The molecule has 0 aliphatic carbocycles. The predicted molar refractivity (Wildman–Crippen MR) is 55.0 cm³/mol. The Bertz CT molecular complexity index is 184. The Kier molecular flexibility index (Phi) is 4.04. The van der Waals surface area contributed by atoms with Gasteiger partial charge in [-0.2, -0.15) is 0 Å². The van der Waals surface area contributed by atoms with Crippen LogP contribution in [0, 0.1) is 5.92 Å². The molecule has 2 atom stereocenters. The number of likely N-dealkylation sites (tertiary alicyclic amines) is 1. The Labute approximate surface area is 85.2 Å². The lowest BCUT2D eigenvalue weighted by atomic mass is 9.90. The van der Waals surface area contributed by atoms with Crippen molar-refractivity contribution < 1.29 is 4.79 Å². The molecular formula is C10H18ClNO. The molecular weight excluding hydrogens is 186 g/mol. The summed E-state index contributed by atoms with van der Waals surface area (Å²) in [5, 5.41) is -0.273. The molecule has 0 radical (unpaired) electrons. The molecule has 0 aromatic heterocycles. The van der Waals surface area contributed by atoms with E-state index >= 15 is 0 Å². The summed E-state index contributed by atoms with van der Waals surface area (Å²) in [7, 11) is 0. The van der Waals surface area contributed by atoms with E-state index in [4.69, 9.17) is 11.6 Å². The van der Waals surface area contributed by atoms with Crippen LogP contribution in [0.25, 0.3) is 0 Å². The van der Waals surface area contributed by atoms with Gasteiger partial charge in [0, 0.05) is 12.6 Å². The van der Waals surface area contributed by atoms with E-state index in [2.05, 4.69) is 13.8 Å². The summed E-state index contributed by atoms with van der Waals surface area (Å²) in [4.78, 5) is 13.0. The highest BCUT2D eigenvalue weighted by Crippen LogP contribution is 2.25. The van der Waals surface area contributed by atoms with Crippen molar-refractivity contribution in [3.63, 3.8) is 0 Å². The van der Waals surface area contributed by atoms with Gasteiger partial charge in [0.25, 0.3) is 0 Å². The Hall–Kier alpha value is -0.240. The van der Waals surface area contributed by atoms with Crippen molar-refractivity contribution in [2.45, 2.75) is 45.6 Å². The summed E-state index contributed by atoms with van der Waals surface area (Å²) >= 11 is 5.54. The van der Waals surface area contributed by atoms with Crippen molar-refractivity contribution in [1.82, 2.24) is 4.90 Å². The van der Waals surface area contributed by atoms with Gasteiger partial charge < -0.3 is 4.90 Å². The van der Waals surface area contributed by atoms with Gasteiger partial charge in [0.1, 0.15) is 0 Å². The fraction of sp³-hybridized carbons (Fsp3) is 0.900. The Balaban J connectivity index is 2.61. The molecule has 1 amide bonds. The van der Waals surface area contributed by atoms with Crippen LogP contribution in [0.15, 0.2) is 0 Å². The zero-order chi connectivity index (χ0) is 9.84. The highest BCUT2D eigenvalue weighted by atomic mass is 35.5. The van der Waals surface area contributed by atoms with Gasteiger partial charge in [-0.25, -0.2) is 0 Å². The SMILES string of the molecule is CCC(C)C1CCCCN1C(=O)Cl. The number of piperidine rings is 1. The summed E-state index contributed by atoms with van der Waals surface area (Å²) in [5.41, 5.74) is 0. The van der Waals surface area contributed by atoms with Crippen LogP contribution in [0.5, 0.6) is 0 Å². The van der Waals surface area contributed by atoms with Gasteiger partial charge in [-0.15, -0.1) is 0 Å². The van der Waals surface area contributed by atoms with Gasteiger partial charge >= 0.3 is 5.37 Å². The Morgan fingerprint density at radius 3 is 2.85 bits per heavy atom. The maximum atomic E-state index is 11.1. The molecule has 1 aliphatic heterocycles. The van der Waals surface area contributed by atoms with Crippen LogP contribution in [0.2, 0.25) is 0 Å². The van der Waals surface area contributed by atoms with Crippen molar-refractivity contribution in [2.24, 2.45) is 5.92 Å². The van der Waals surface area contributed by atoms with Gasteiger partial charge in [-0.3, -0.25) is 4.79 Å². The normalized spacial score (nSPS) is 25.8. The third-order valence-electron chi connectivity index (χ3n) is 3.08.